The highest BCUT2D eigenvalue weighted by atomic mass is 32.2. The van der Waals surface area contributed by atoms with Crippen LogP contribution >= 0.6 is 11.8 Å². The predicted octanol–water partition coefficient (Wildman–Crippen LogP) is 6.63. The van der Waals surface area contributed by atoms with Crippen molar-refractivity contribution in [3.05, 3.63) is 54.6 Å². The van der Waals surface area contributed by atoms with Gasteiger partial charge in [0.05, 0.1) is 18.2 Å². The third-order valence-electron chi connectivity index (χ3n) is 4.56. The van der Waals surface area contributed by atoms with E-state index >= 15 is 0 Å². The van der Waals surface area contributed by atoms with Crippen molar-refractivity contribution in [3.63, 3.8) is 0 Å². The Kier molecular flexibility index (Phi) is 10.7. The molecule has 4 nitrogen and oxygen atoms in total. The molecule has 0 saturated heterocycles. The van der Waals surface area contributed by atoms with E-state index in [9.17, 15) is 4.79 Å². The van der Waals surface area contributed by atoms with Gasteiger partial charge >= 0.3 is 5.30 Å². The molecule has 0 fully saturated rings. The van der Waals surface area contributed by atoms with Gasteiger partial charge in [0.15, 0.2) is 0 Å². The molecule has 2 aromatic rings. The Labute approximate surface area is 167 Å². The molecule has 0 spiro atoms. The minimum Gasteiger partial charge on any atom is -0.458 e. The van der Waals surface area contributed by atoms with Crippen molar-refractivity contribution >= 4 is 17.1 Å². The first-order chi connectivity index (χ1) is 13.3. The van der Waals surface area contributed by atoms with E-state index in [0.717, 1.165) is 18.4 Å². The molecule has 0 saturated carbocycles. The third kappa shape index (κ3) is 9.14. The van der Waals surface area contributed by atoms with Gasteiger partial charge < -0.3 is 9.30 Å². The fourth-order valence-corrected chi connectivity index (χ4v) is 3.93. The number of unbranched alkanes of at least 4 members (excludes halogenated alkanes) is 7. The number of ether oxygens (including phenoxy) is 1. The lowest BCUT2D eigenvalue weighted by molar-refractivity contribution is 0.172. The fraction of sp³-hybridized carbons (Fsp3) is 0.545. The summed E-state index contributed by atoms with van der Waals surface area (Å²) >= 11 is 1.26. The van der Waals surface area contributed by atoms with Crippen LogP contribution in [0.4, 0.5) is 4.79 Å². The molecule has 1 heterocycles. The highest BCUT2D eigenvalue weighted by molar-refractivity contribution is 8.13. The molecule has 0 N–H and O–H groups in total. The van der Waals surface area contributed by atoms with Crippen LogP contribution in [0, 0.1) is 0 Å². The van der Waals surface area contributed by atoms with E-state index in [0.29, 0.717) is 13.2 Å². The molecule has 5 heteroatoms. The Morgan fingerprint density at radius 1 is 1.07 bits per heavy atom. The van der Waals surface area contributed by atoms with Gasteiger partial charge in [-0.15, -0.1) is 0 Å². The molecule has 0 aliphatic rings. The molecule has 0 aliphatic heterocycles. The number of hydrogen-bond donors (Lipinski definition) is 0. The zero-order chi connectivity index (χ0) is 19.2. The standard InChI is InChI=1S/C22H32N2O2S/c1-2-3-4-5-6-7-8-12-17-26-22(25)27-21(18-24-16-15-23-19-24)20-13-10-9-11-14-20/h9-11,13-16,19,21H,2-8,12,17-18H2,1H3. The fourth-order valence-electron chi connectivity index (χ4n) is 3.01. The smallest absolute Gasteiger partial charge is 0.367 e. The van der Waals surface area contributed by atoms with Crippen LogP contribution in [0.2, 0.25) is 0 Å². The first-order valence-electron chi connectivity index (χ1n) is 10.1. The Morgan fingerprint density at radius 2 is 1.78 bits per heavy atom. The molecule has 2 rings (SSSR count). The number of imidazole rings is 1. The van der Waals surface area contributed by atoms with Crippen molar-refractivity contribution in [1.29, 1.82) is 0 Å². The second-order valence-corrected chi connectivity index (χ2v) is 7.99. The summed E-state index contributed by atoms with van der Waals surface area (Å²) in [6.45, 7) is 3.46. The lowest BCUT2D eigenvalue weighted by atomic mass is 10.1. The maximum absolute atomic E-state index is 12.3. The summed E-state index contributed by atoms with van der Waals surface area (Å²) in [7, 11) is 0. The molecule has 0 bridgehead atoms. The molecular weight excluding hydrogens is 356 g/mol. The minimum atomic E-state index is -0.188. The number of thioether (sulfide) groups is 1. The average Bonchev–Trinajstić information content (AvgIpc) is 3.20. The number of nitrogens with zero attached hydrogens (tertiary/aromatic N) is 2. The number of carbonyl (C=O) groups is 1. The normalized spacial score (nSPS) is 12.0. The zero-order valence-corrected chi connectivity index (χ0v) is 17.2. The van der Waals surface area contributed by atoms with Gasteiger partial charge in [0, 0.05) is 18.9 Å². The summed E-state index contributed by atoms with van der Waals surface area (Å²) < 4.78 is 7.45. The van der Waals surface area contributed by atoms with Crippen molar-refractivity contribution in [1.82, 2.24) is 9.55 Å². The Morgan fingerprint density at radius 3 is 2.44 bits per heavy atom. The Hall–Kier alpha value is -1.75. The molecule has 27 heavy (non-hydrogen) atoms. The maximum atomic E-state index is 12.3. The van der Waals surface area contributed by atoms with Crippen molar-refractivity contribution in [3.8, 4) is 0 Å². The van der Waals surface area contributed by atoms with Gasteiger partial charge in [-0.1, -0.05) is 82.2 Å². The van der Waals surface area contributed by atoms with Crippen LogP contribution < -0.4 is 0 Å². The van der Waals surface area contributed by atoms with E-state index in [2.05, 4.69) is 24.0 Å². The molecule has 0 radical (unpaired) electrons. The predicted molar refractivity (Wildman–Crippen MR) is 113 cm³/mol. The van der Waals surface area contributed by atoms with Crippen LogP contribution in [0.25, 0.3) is 0 Å². The van der Waals surface area contributed by atoms with Gasteiger partial charge in [0.2, 0.25) is 0 Å². The van der Waals surface area contributed by atoms with Gasteiger partial charge in [-0.2, -0.15) is 0 Å². The lowest BCUT2D eigenvalue weighted by Crippen LogP contribution is -2.09. The number of benzene rings is 1. The van der Waals surface area contributed by atoms with Gasteiger partial charge in [0.25, 0.3) is 0 Å². The molecule has 0 amide bonds. The van der Waals surface area contributed by atoms with Crippen LogP contribution in [-0.4, -0.2) is 21.5 Å². The summed E-state index contributed by atoms with van der Waals surface area (Å²) in [5, 5.41) is -0.168. The van der Waals surface area contributed by atoms with E-state index in [-0.39, 0.29) is 10.6 Å². The summed E-state index contributed by atoms with van der Waals surface area (Å²) in [6, 6.07) is 10.1. The highest BCUT2D eigenvalue weighted by Gasteiger charge is 2.18. The second kappa shape index (κ2) is 13.4. The maximum Gasteiger partial charge on any atom is 0.367 e. The molecule has 1 aromatic heterocycles. The summed E-state index contributed by atoms with van der Waals surface area (Å²) in [4.78, 5) is 16.4. The first kappa shape index (κ1) is 21.5. The number of carbonyl (C=O) groups excluding carboxylic acids is 1. The van der Waals surface area contributed by atoms with Gasteiger partial charge in [0.1, 0.15) is 0 Å². The van der Waals surface area contributed by atoms with Crippen molar-refractivity contribution in [2.45, 2.75) is 70.1 Å². The SMILES string of the molecule is CCCCCCCCCCOC(=O)SC(Cn1ccnc1)c1ccccc1. The molecule has 1 aromatic carbocycles. The van der Waals surface area contributed by atoms with E-state index in [4.69, 9.17) is 4.74 Å². The van der Waals surface area contributed by atoms with Gasteiger partial charge in [-0.25, -0.2) is 9.78 Å². The summed E-state index contributed by atoms with van der Waals surface area (Å²) in [6.07, 6.45) is 15.4. The van der Waals surface area contributed by atoms with Gasteiger partial charge in [-0.05, 0) is 23.7 Å². The first-order valence-corrected chi connectivity index (χ1v) is 11.0. The summed E-state index contributed by atoms with van der Waals surface area (Å²) in [5.41, 5.74) is 1.13. The Bertz CT molecular complexity index is 617. The average molecular weight is 389 g/mol. The molecule has 1 unspecified atom stereocenters. The van der Waals surface area contributed by atoms with Gasteiger partial charge in [-0.3, -0.25) is 0 Å². The van der Waals surface area contributed by atoms with E-state index in [1.54, 1.807) is 12.5 Å². The van der Waals surface area contributed by atoms with Crippen LogP contribution in [0.5, 0.6) is 0 Å². The van der Waals surface area contributed by atoms with Crippen LogP contribution in [-0.2, 0) is 11.3 Å². The molecule has 0 aliphatic carbocycles. The van der Waals surface area contributed by atoms with E-state index in [1.807, 2.05) is 29.0 Å². The van der Waals surface area contributed by atoms with Crippen LogP contribution in [0.3, 0.4) is 0 Å². The molecule has 1 atom stereocenters. The summed E-state index contributed by atoms with van der Waals surface area (Å²) in [5.74, 6) is 0. The molecule has 148 valence electrons. The van der Waals surface area contributed by atoms with Crippen LogP contribution in [0.1, 0.15) is 69.1 Å². The monoisotopic (exact) mass is 388 g/mol. The molecular formula is C22H32N2O2S. The highest BCUT2D eigenvalue weighted by Crippen LogP contribution is 2.32. The minimum absolute atomic E-state index is 0.0199. The Balaban J connectivity index is 1.68. The third-order valence-corrected chi connectivity index (χ3v) is 5.58. The number of hydrogen-bond acceptors (Lipinski definition) is 4. The lowest BCUT2D eigenvalue weighted by Gasteiger charge is -2.16. The van der Waals surface area contributed by atoms with Crippen molar-refractivity contribution in [2.75, 3.05) is 6.61 Å². The quantitative estimate of drug-likeness (QED) is 0.285. The van der Waals surface area contributed by atoms with Crippen molar-refractivity contribution in [2.24, 2.45) is 0 Å². The zero-order valence-electron chi connectivity index (χ0n) is 16.4. The van der Waals surface area contributed by atoms with Crippen molar-refractivity contribution < 1.29 is 9.53 Å². The van der Waals surface area contributed by atoms with E-state index < -0.39 is 0 Å². The largest absolute Gasteiger partial charge is 0.458 e. The number of aromatic nitrogens is 2. The van der Waals surface area contributed by atoms with E-state index in [1.165, 1.54) is 50.3 Å². The number of rotatable bonds is 13. The van der Waals surface area contributed by atoms with Crippen LogP contribution in [0.15, 0.2) is 49.1 Å². The topological polar surface area (TPSA) is 44.1 Å². The second-order valence-electron chi connectivity index (χ2n) is 6.85.